The van der Waals surface area contributed by atoms with E-state index >= 15 is 0 Å². The predicted molar refractivity (Wildman–Crippen MR) is 97.5 cm³/mol. The summed E-state index contributed by atoms with van der Waals surface area (Å²) in [5.74, 6) is 0.849. The Hall–Kier alpha value is -3.00. The van der Waals surface area contributed by atoms with E-state index in [2.05, 4.69) is 30.7 Å². The molecule has 0 spiro atoms. The summed E-state index contributed by atoms with van der Waals surface area (Å²) in [6.45, 7) is 1.81. The summed E-state index contributed by atoms with van der Waals surface area (Å²) in [7, 11) is 0. The first-order chi connectivity index (χ1) is 12.2. The fourth-order valence-electron chi connectivity index (χ4n) is 1.94. The van der Waals surface area contributed by atoms with E-state index in [9.17, 15) is 4.79 Å². The van der Waals surface area contributed by atoms with Crippen LogP contribution in [0.1, 0.15) is 5.82 Å². The number of H-pyrrole nitrogens is 1. The van der Waals surface area contributed by atoms with Crippen LogP contribution < -0.4 is 5.32 Å². The van der Waals surface area contributed by atoms with Gasteiger partial charge < -0.3 is 5.32 Å². The maximum absolute atomic E-state index is 11.9. The highest BCUT2D eigenvalue weighted by atomic mass is 32.2. The number of azo groups is 1. The third kappa shape index (κ3) is 5.25. The number of amides is 1. The van der Waals surface area contributed by atoms with Crippen molar-refractivity contribution in [2.45, 2.75) is 12.1 Å². The first kappa shape index (κ1) is 16.8. The normalized spacial score (nSPS) is 10.9. The fourth-order valence-corrected chi connectivity index (χ4v) is 2.58. The van der Waals surface area contributed by atoms with Crippen LogP contribution in [-0.4, -0.2) is 26.8 Å². The molecular weight excluding hydrogens is 336 g/mol. The van der Waals surface area contributed by atoms with Crippen LogP contribution in [-0.2, 0) is 4.79 Å². The Morgan fingerprint density at radius 3 is 2.40 bits per heavy atom. The maximum Gasteiger partial charge on any atom is 0.234 e. The average molecular weight is 352 g/mol. The molecule has 8 heteroatoms. The maximum atomic E-state index is 11.9. The number of nitrogens with one attached hydrogen (secondary N) is 2. The zero-order valence-electron chi connectivity index (χ0n) is 13.5. The van der Waals surface area contributed by atoms with Crippen molar-refractivity contribution >= 4 is 34.7 Å². The van der Waals surface area contributed by atoms with Crippen LogP contribution in [0.3, 0.4) is 0 Å². The van der Waals surface area contributed by atoms with Crippen LogP contribution >= 0.6 is 11.8 Å². The standard InChI is InChI=1S/C17H16N6OS/c1-12-18-17(23-20-12)25-11-16(24)19-13-7-9-15(10-8-13)22-21-14-5-3-2-4-6-14/h2-10H,11H2,1H3,(H,19,24)(H,18,20,23). The molecule has 25 heavy (non-hydrogen) atoms. The largest absolute Gasteiger partial charge is 0.325 e. The lowest BCUT2D eigenvalue weighted by Crippen LogP contribution is -2.13. The van der Waals surface area contributed by atoms with Crippen molar-refractivity contribution in [2.75, 3.05) is 11.1 Å². The van der Waals surface area contributed by atoms with Gasteiger partial charge in [0.05, 0.1) is 17.1 Å². The van der Waals surface area contributed by atoms with Crippen LogP contribution in [0.2, 0.25) is 0 Å². The van der Waals surface area contributed by atoms with Gasteiger partial charge in [0.2, 0.25) is 11.1 Å². The van der Waals surface area contributed by atoms with Gasteiger partial charge in [0, 0.05) is 5.69 Å². The summed E-state index contributed by atoms with van der Waals surface area (Å²) in [5, 5.41) is 18.4. The summed E-state index contributed by atoms with van der Waals surface area (Å²) >= 11 is 1.28. The number of aromatic nitrogens is 3. The van der Waals surface area contributed by atoms with E-state index in [1.165, 1.54) is 11.8 Å². The zero-order chi connectivity index (χ0) is 17.5. The molecule has 0 aliphatic rings. The van der Waals surface area contributed by atoms with Gasteiger partial charge in [-0.05, 0) is 43.3 Å². The van der Waals surface area contributed by atoms with Crippen LogP contribution in [0.25, 0.3) is 0 Å². The minimum Gasteiger partial charge on any atom is -0.325 e. The molecule has 3 aromatic rings. The second-order valence-corrected chi connectivity index (χ2v) is 6.07. The lowest BCUT2D eigenvalue weighted by molar-refractivity contribution is -0.113. The number of benzene rings is 2. The van der Waals surface area contributed by atoms with Crippen molar-refractivity contribution in [3.05, 3.63) is 60.4 Å². The molecule has 0 radical (unpaired) electrons. The minimum atomic E-state index is -0.119. The summed E-state index contributed by atoms with van der Waals surface area (Å²) < 4.78 is 0. The van der Waals surface area contributed by atoms with E-state index in [1.54, 1.807) is 24.3 Å². The summed E-state index contributed by atoms with van der Waals surface area (Å²) in [6.07, 6.45) is 0. The Kier molecular flexibility index (Phi) is 5.53. The molecule has 0 aliphatic carbocycles. The number of nitrogens with zero attached hydrogens (tertiary/aromatic N) is 4. The fraction of sp³-hybridized carbons (Fsp3) is 0.118. The van der Waals surface area contributed by atoms with Gasteiger partial charge in [-0.3, -0.25) is 9.89 Å². The molecule has 0 saturated carbocycles. The molecule has 0 fully saturated rings. The number of hydrogen-bond acceptors (Lipinski definition) is 6. The smallest absolute Gasteiger partial charge is 0.234 e. The van der Waals surface area contributed by atoms with Crippen molar-refractivity contribution in [3.8, 4) is 0 Å². The molecule has 126 valence electrons. The number of carbonyl (C=O) groups excluding carboxylic acids is 1. The van der Waals surface area contributed by atoms with Gasteiger partial charge in [-0.15, -0.1) is 5.10 Å². The van der Waals surface area contributed by atoms with Crippen molar-refractivity contribution in [1.29, 1.82) is 0 Å². The highest BCUT2D eigenvalue weighted by molar-refractivity contribution is 7.99. The molecule has 3 rings (SSSR count). The van der Waals surface area contributed by atoms with Gasteiger partial charge in [-0.2, -0.15) is 10.2 Å². The highest BCUT2D eigenvalue weighted by Crippen LogP contribution is 2.20. The number of rotatable bonds is 6. The van der Waals surface area contributed by atoms with E-state index in [1.807, 2.05) is 37.3 Å². The van der Waals surface area contributed by atoms with Crippen LogP contribution in [0.5, 0.6) is 0 Å². The molecule has 0 bridgehead atoms. The Balaban J connectivity index is 1.51. The number of anilines is 1. The van der Waals surface area contributed by atoms with Crippen molar-refractivity contribution in [1.82, 2.24) is 15.2 Å². The second-order valence-electron chi connectivity index (χ2n) is 5.12. The van der Waals surface area contributed by atoms with E-state index < -0.39 is 0 Å². The Morgan fingerprint density at radius 2 is 1.76 bits per heavy atom. The summed E-state index contributed by atoms with van der Waals surface area (Å²) in [4.78, 5) is 16.1. The molecule has 1 amide bonds. The Bertz CT molecular complexity index is 860. The van der Waals surface area contributed by atoms with E-state index in [0.29, 0.717) is 16.5 Å². The second kappa shape index (κ2) is 8.20. The Labute approximate surface area is 149 Å². The Morgan fingerprint density at radius 1 is 1.08 bits per heavy atom. The number of hydrogen-bond donors (Lipinski definition) is 2. The van der Waals surface area contributed by atoms with Gasteiger partial charge in [0.15, 0.2) is 0 Å². The molecule has 0 saturated heterocycles. The molecule has 2 N–H and O–H groups in total. The van der Waals surface area contributed by atoms with Crippen molar-refractivity contribution in [3.63, 3.8) is 0 Å². The van der Waals surface area contributed by atoms with Crippen LogP contribution in [0.4, 0.5) is 17.1 Å². The SMILES string of the molecule is Cc1nc(SCC(=O)Nc2ccc(N=Nc3ccccc3)cc2)n[nH]1. The van der Waals surface area contributed by atoms with Crippen LogP contribution in [0, 0.1) is 6.92 Å². The van der Waals surface area contributed by atoms with Gasteiger partial charge in [0.25, 0.3) is 0 Å². The minimum absolute atomic E-state index is 0.119. The third-order valence-corrected chi connectivity index (χ3v) is 3.94. The third-order valence-electron chi connectivity index (χ3n) is 3.10. The van der Waals surface area contributed by atoms with Gasteiger partial charge >= 0.3 is 0 Å². The zero-order valence-corrected chi connectivity index (χ0v) is 14.3. The molecule has 1 aromatic heterocycles. The van der Waals surface area contributed by atoms with Crippen molar-refractivity contribution < 1.29 is 4.79 Å². The highest BCUT2D eigenvalue weighted by Gasteiger charge is 2.06. The lowest BCUT2D eigenvalue weighted by atomic mass is 10.3. The number of aromatic amines is 1. The number of carbonyl (C=O) groups is 1. The van der Waals surface area contributed by atoms with Gasteiger partial charge in [-0.25, -0.2) is 4.98 Å². The number of aryl methyl sites for hydroxylation is 1. The first-order valence-corrected chi connectivity index (χ1v) is 8.56. The van der Waals surface area contributed by atoms with Gasteiger partial charge in [-0.1, -0.05) is 30.0 Å². The van der Waals surface area contributed by atoms with E-state index in [0.717, 1.165) is 11.5 Å². The molecule has 7 nitrogen and oxygen atoms in total. The summed E-state index contributed by atoms with van der Waals surface area (Å²) in [6, 6.07) is 16.7. The molecule has 0 unspecified atom stereocenters. The monoisotopic (exact) mass is 352 g/mol. The average Bonchev–Trinajstić information content (AvgIpc) is 3.06. The predicted octanol–water partition coefficient (Wildman–Crippen LogP) is 4.26. The van der Waals surface area contributed by atoms with Crippen LogP contribution in [0.15, 0.2) is 70.0 Å². The molecule has 0 aliphatic heterocycles. The molecule has 0 atom stereocenters. The summed E-state index contributed by atoms with van der Waals surface area (Å²) in [5.41, 5.74) is 2.21. The van der Waals surface area contributed by atoms with Gasteiger partial charge in [0.1, 0.15) is 5.82 Å². The number of thioether (sulfide) groups is 1. The topological polar surface area (TPSA) is 95.4 Å². The van der Waals surface area contributed by atoms with E-state index in [-0.39, 0.29) is 11.7 Å². The van der Waals surface area contributed by atoms with E-state index in [4.69, 9.17) is 0 Å². The molecular formula is C17H16N6OS. The lowest BCUT2D eigenvalue weighted by Gasteiger charge is -2.04. The quantitative estimate of drug-likeness (QED) is 0.512. The molecule has 2 aromatic carbocycles. The molecule has 1 heterocycles. The van der Waals surface area contributed by atoms with Crippen molar-refractivity contribution in [2.24, 2.45) is 10.2 Å². The first-order valence-electron chi connectivity index (χ1n) is 7.57.